The summed E-state index contributed by atoms with van der Waals surface area (Å²) in [5.74, 6) is 0.361. The lowest BCUT2D eigenvalue weighted by atomic mass is 10.0. The predicted octanol–water partition coefficient (Wildman–Crippen LogP) is 3.81. The average Bonchev–Trinajstić information content (AvgIpc) is 2.57. The van der Waals surface area contributed by atoms with Crippen molar-refractivity contribution in [3.63, 3.8) is 0 Å². The monoisotopic (exact) mass is 282 g/mol. The van der Waals surface area contributed by atoms with E-state index in [1.54, 1.807) is 0 Å². The Labute approximate surface area is 118 Å². The van der Waals surface area contributed by atoms with Crippen molar-refractivity contribution >= 4 is 23.4 Å². The van der Waals surface area contributed by atoms with E-state index < -0.39 is 5.97 Å². The molecule has 0 aromatic carbocycles. The Balaban J connectivity index is 2.04. The summed E-state index contributed by atoms with van der Waals surface area (Å²) in [5, 5.41) is 12.6. The Hall–Kier alpha value is -1.29. The van der Waals surface area contributed by atoms with Gasteiger partial charge in [0.1, 0.15) is 5.82 Å². The van der Waals surface area contributed by atoms with Crippen LogP contribution in [0.4, 0.5) is 5.82 Å². The molecule has 1 aromatic rings. The van der Waals surface area contributed by atoms with Gasteiger partial charge in [0.25, 0.3) is 0 Å². The highest BCUT2D eigenvalue weighted by Gasteiger charge is 2.17. The highest BCUT2D eigenvalue weighted by atomic mass is 35.5. The summed E-state index contributed by atoms with van der Waals surface area (Å²) in [5.41, 5.74) is 0.116. The number of hydrogen-bond acceptors (Lipinski definition) is 3. The van der Waals surface area contributed by atoms with Gasteiger partial charge in [-0.3, -0.25) is 0 Å². The van der Waals surface area contributed by atoms with Crippen molar-refractivity contribution in [1.29, 1.82) is 0 Å². The summed E-state index contributed by atoms with van der Waals surface area (Å²) >= 11 is 6.07. The third-order valence-corrected chi connectivity index (χ3v) is 3.97. The number of carboxylic acid groups (broad SMARTS) is 1. The molecule has 2 N–H and O–H groups in total. The van der Waals surface area contributed by atoms with Gasteiger partial charge in [0.05, 0.1) is 10.6 Å². The summed E-state index contributed by atoms with van der Waals surface area (Å²) in [6, 6.07) is 1.82. The number of anilines is 1. The van der Waals surface area contributed by atoms with Crippen LogP contribution in [0.2, 0.25) is 5.02 Å². The molecule has 0 bridgehead atoms. The number of carboxylic acids is 1. The molecule has 4 nitrogen and oxygen atoms in total. The lowest BCUT2D eigenvalue weighted by molar-refractivity contribution is 0.0696. The molecule has 1 aromatic heterocycles. The Kier molecular flexibility index (Phi) is 4.64. The highest BCUT2D eigenvalue weighted by Crippen LogP contribution is 2.27. The standard InChI is InChI=1S/C14H19ClN2O2/c1-9-3-2-4-11(6-5-9)17-13-12(15)7-10(8-16-13)14(18)19/h7-9,11H,2-6H2,1H3,(H,16,17)(H,18,19). The van der Waals surface area contributed by atoms with Gasteiger partial charge in [0.2, 0.25) is 0 Å². The van der Waals surface area contributed by atoms with Crippen LogP contribution in [0.1, 0.15) is 49.4 Å². The van der Waals surface area contributed by atoms with Gasteiger partial charge in [0.15, 0.2) is 0 Å². The van der Waals surface area contributed by atoms with Crippen molar-refractivity contribution in [2.75, 3.05) is 5.32 Å². The van der Waals surface area contributed by atoms with Gasteiger partial charge in [-0.25, -0.2) is 9.78 Å². The van der Waals surface area contributed by atoms with E-state index in [-0.39, 0.29) is 5.56 Å². The van der Waals surface area contributed by atoms with E-state index in [4.69, 9.17) is 16.7 Å². The quantitative estimate of drug-likeness (QED) is 0.828. The van der Waals surface area contributed by atoms with Crippen LogP contribution in [0.3, 0.4) is 0 Å². The molecule has 2 atom stereocenters. The fourth-order valence-corrected chi connectivity index (χ4v) is 2.71. The smallest absolute Gasteiger partial charge is 0.337 e. The molecule has 2 unspecified atom stereocenters. The van der Waals surface area contributed by atoms with Crippen LogP contribution in [0.25, 0.3) is 0 Å². The maximum atomic E-state index is 10.8. The maximum Gasteiger partial charge on any atom is 0.337 e. The van der Waals surface area contributed by atoms with Crippen LogP contribution in [0, 0.1) is 5.92 Å². The van der Waals surface area contributed by atoms with Crippen LogP contribution in [-0.2, 0) is 0 Å². The molecule has 0 saturated heterocycles. The van der Waals surface area contributed by atoms with Crippen molar-refractivity contribution in [2.45, 2.75) is 45.1 Å². The molecular formula is C14H19ClN2O2. The van der Waals surface area contributed by atoms with Gasteiger partial charge in [-0.05, 0) is 31.2 Å². The number of aromatic carboxylic acids is 1. The van der Waals surface area contributed by atoms with Crippen LogP contribution in [-0.4, -0.2) is 22.1 Å². The van der Waals surface area contributed by atoms with Crippen LogP contribution in [0.5, 0.6) is 0 Å². The second-order valence-corrected chi connectivity index (χ2v) is 5.72. The molecule has 0 radical (unpaired) electrons. The molecule has 1 fully saturated rings. The van der Waals surface area contributed by atoms with Crippen molar-refractivity contribution < 1.29 is 9.90 Å². The molecule has 1 heterocycles. The summed E-state index contributed by atoms with van der Waals surface area (Å²) in [4.78, 5) is 14.9. The van der Waals surface area contributed by atoms with E-state index >= 15 is 0 Å². The summed E-state index contributed by atoms with van der Waals surface area (Å²) in [6.45, 7) is 2.29. The van der Waals surface area contributed by atoms with Crippen molar-refractivity contribution in [3.05, 3.63) is 22.8 Å². The fourth-order valence-electron chi connectivity index (χ4n) is 2.49. The number of nitrogens with zero attached hydrogens (tertiary/aromatic N) is 1. The molecule has 1 aliphatic rings. The molecule has 19 heavy (non-hydrogen) atoms. The van der Waals surface area contributed by atoms with Crippen LogP contribution in [0.15, 0.2) is 12.3 Å². The summed E-state index contributed by atoms with van der Waals surface area (Å²) in [7, 11) is 0. The van der Waals surface area contributed by atoms with E-state index in [0.29, 0.717) is 16.9 Å². The number of hydrogen-bond donors (Lipinski definition) is 2. The minimum absolute atomic E-state index is 0.116. The molecular weight excluding hydrogens is 264 g/mol. The number of halogens is 1. The van der Waals surface area contributed by atoms with Crippen molar-refractivity contribution in [2.24, 2.45) is 5.92 Å². The molecule has 5 heteroatoms. The van der Waals surface area contributed by atoms with Gasteiger partial charge in [-0.15, -0.1) is 0 Å². The molecule has 0 spiro atoms. The summed E-state index contributed by atoms with van der Waals surface area (Å²) in [6.07, 6.45) is 7.27. The van der Waals surface area contributed by atoms with E-state index in [1.165, 1.54) is 31.5 Å². The van der Waals surface area contributed by atoms with Crippen molar-refractivity contribution in [3.8, 4) is 0 Å². The lowest BCUT2D eigenvalue weighted by Crippen LogP contribution is -2.19. The number of carbonyl (C=O) groups is 1. The van der Waals surface area contributed by atoms with Crippen molar-refractivity contribution in [1.82, 2.24) is 4.98 Å². The van der Waals surface area contributed by atoms with Gasteiger partial charge in [-0.1, -0.05) is 31.4 Å². The molecule has 2 rings (SSSR count). The minimum Gasteiger partial charge on any atom is -0.478 e. The summed E-state index contributed by atoms with van der Waals surface area (Å²) < 4.78 is 0. The second-order valence-electron chi connectivity index (χ2n) is 5.31. The normalized spacial score (nSPS) is 23.7. The maximum absolute atomic E-state index is 10.8. The minimum atomic E-state index is -1.01. The van der Waals surface area contributed by atoms with Gasteiger partial charge >= 0.3 is 5.97 Å². The third-order valence-electron chi connectivity index (χ3n) is 3.69. The first-order chi connectivity index (χ1) is 9.06. The fraction of sp³-hybridized carbons (Fsp3) is 0.571. The Morgan fingerprint density at radius 3 is 2.89 bits per heavy atom. The van der Waals surface area contributed by atoms with Crippen LogP contribution >= 0.6 is 11.6 Å². The van der Waals surface area contributed by atoms with Crippen LogP contribution < -0.4 is 5.32 Å². The highest BCUT2D eigenvalue weighted by molar-refractivity contribution is 6.33. The molecule has 1 aliphatic carbocycles. The zero-order valence-corrected chi connectivity index (χ0v) is 11.8. The first-order valence-electron chi connectivity index (χ1n) is 6.71. The number of pyridine rings is 1. The van der Waals surface area contributed by atoms with E-state index in [2.05, 4.69) is 17.2 Å². The Bertz CT molecular complexity index is 465. The molecule has 104 valence electrons. The first-order valence-corrected chi connectivity index (χ1v) is 7.09. The average molecular weight is 283 g/mol. The number of nitrogens with one attached hydrogen (secondary N) is 1. The SMILES string of the molecule is CC1CCCC(Nc2ncc(C(=O)O)cc2Cl)CC1. The zero-order valence-electron chi connectivity index (χ0n) is 11.0. The van der Waals surface area contributed by atoms with Gasteiger partial charge in [0, 0.05) is 12.2 Å². The molecule has 0 aliphatic heterocycles. The Morgan fingerprint density at radius 1 is 1.42 bits per heavy atom. The Morgan fingerprint density at radius 2 is 2.21 bits per heavy atom. The molecule has 0 amide bonds. The number of rotatable bonds is 3. The van der Waals surface area contributed by atoms with Gasteiger partial charge < -0.3 is 10.4 Å². The largest absolute Gasteiger partial charge is 0.478 e. The predicted molar refractivity (Wildman–Crippen MR) is 75.9 cm³/mol. The topological polar surface area (TPSA) is 62.2 Å². The number of aromatic nitrogens is 1. The molecule has 1 saturated carbocycles. The van der Waals surface area contributed by atoms with Gasteiger partial charge in [-0.2, -0.15) is 0 Å². The second kappa shape index (κ2) is 6.24. The lowest BCUT2D eigenvalue weighted by Gasteiger charge is -2.18. The van der Waals surface area contributed by atoms with E-state index in [9.17, 15) is 4.79 Å². The third kappa shape index (κ3) is 3.83. The van der Waals surface area contributed by atoms with E-state index in [1.807, 2.05) is 0 Å². The van der Waals surface area contributed by atoms with E-state index in [0.717, 1.165) is 18.8 Å². The first kappa shape index (κ1) is 14.1. The zero-order chi connectivity index (χ0) is 13.8.